The highest BCUT2D eigenvalue weighted by atomic mass is 16.6. The average Bonchev–Trinajstić information content (AvgIpc) is 3.37. The summed E-state index contributed by atoms with van der Waals surface area (Å²) < 4.78 is 12.3. The van der Waals surface area contributed by atoms with E-state index in [4.69, 9.17) is 14.6 Å². The number of benzene rings is 2. The molecule has 172 valence electrons. The van der Waals surface area contributed by atoms with Crippen LogP contribution in [-0.2, 0) is 0 Å². The molecule has 0 spiro atoms. The van der Waals surface area contributed by atoms with E-state index < -0.39 is 21.4 Å². The molecule has 0 aliphatic carbocycles. The third-order valence-electron chi connectivity index (χ3n) is 5.45. The van der Waals surface area contributed by atoms with Crippen LogP contribution in [0, 0.1) is 31.6 Å². The third kappa shape index (κ3) is 3.42. The Bertz CT molecular complexity index is 1740. The zero-order valence-corrected chi connectivity index (χ0v) is 17.4. The predicted molar refractivity (Wildman–Crippen MR) is 119 cm³/mol. The van der Waals surface area contributed by atoms with Crippen molar-refractivity contribution in [2.24, 2.45) is 0 Å². The molecule has 4 aromatic rings. The van der Waals surface area contributed by atoms with Crippen molar-refractivity contribution < 1.29 is 18.7 Å². The van der Waals surface area contributed by atoms with E-state index in [-0.39, 0.29) is 45.4 Å². The molecule has 0 bridgehead atoms. The first-order valence-corrected chi connectivity index (χ1v) is 9.91. The summed E-state index contributed by atoms with van der Waals surface area (Å²) in [6, 6.07) is 12.8. The second-order valence-electron chi connectivity index (χ2n) is 7.46. The Morgan fingerprint density at radius 3 is 2.20 bits per heavy atom. The monoisotopic (exact) mass is 472 g/mol. The molecule has 0 radical (unpaired) electrons. The zero-order valence-electron chi connectivity index (χ0n) is 17.4. The van der Waals surface area contributed by atoms with Gasteiger partial charge in [-0.1, -0.05) is 12.1 Å². The second-order valence-corrected chi connectivity index (χ2v) is 7.46. The fourth-order valence-corrected chi connectivity index (χ4v) is 3.91. The van der Waals surface area contributed by atoms with Crippen molar-refractivity contribution in [1.82, 2.24) is 9.55 Å². The van der Waals surface area contributed by atoms with Gasteiger partial charge in [0.2, 0.25) is 11.4 Å². The van der Waals surface area contributed by atoms with E-state index in [9.17, 15) is 30.3 Å². The summed E-state index contributed by atoms with van der Waals surface area (Å²) in [4.78, 5) is 37.9. The topological polar surface area (TPSA) is 197 Å². The molecule has 2 N–H and O–H groups in total. The number of non-ortho nitro benzene ring substituents is 2. The lowest BCUT2D eigenvalue weighted by molar-refractivity contribution is -0.385. The summed E-state index contributed by atoms with van der Waals surface area (Å²) in [5, 5.41) is 31.9. The number of nitrogens with two attached hydrogens (primary N) is 1. The molecule has 2 aromatic carbocycles. The van der Waals surface area contributed by atoms with Crippen LogP contribution < -0.4 is 22.3 Å². The quantitative estimate of drug-likeness (QED) is 0.335. The number of nitriles is 1. The van der Waals surface area contributed by atoms with Gasteiger partial charge in [-0.2, -0.15) is 10.2 Å². The number of fused-ring (bicyclic) bond motifs is 3. The van der Waals surface area contributed by atoms with Crippen LogP contribution in [-0.4, -0.2) is 19.4 Å². The Labute approximate surface area is 193 Å². The highest BCUT2D eigenvalue weighted by Crippen LogP contribution is 2.38. The fourth-order valence-electron chi connectivity index (χ4n) is 3.91. The molecule has 13 nitrogen and oxygen atoms in total. The number of nitrogens with zero attached hydrogens (tertiary/aromatic N) is 5. The maximum Gasteiger partial charge on any atom is 0.362 e. The van der Waals surface area contributed by atoms with Crippen LogP contribution in [0.5, 0.6) is 0 Å². The van der Waals surface area contributed by atoms with Gasteiger partial charge in [0.25, 0.3) is 17.4 Å². The normalized spacial score (nSPS) is 14.8. The van der Waals surface area contributed by atoms with E-state index >= 15 is 0 Å². The highest BCUT2D eigenvalue weighted by Gasteiger charge is 2.36. The molecule has 2 aromatic heterocycles. The van der Waals surface area contributed by atoms with Gasteiger partial charge in [0.1, 0.15) is 22.7 Å². The Hall–Kier alpha value is -5.51. The molecule has 1 atom stereocenters. The molecule has 5 rings (SSSR count). The number of aromatic nitrogens is 2. The largest absolute Gasteiger partial charge is 0.406 e. The van der Waals surface area contributed by atoms with Crippen LogP contribution in [0.2, 0.25) is 0 Å². The van der Waals surface area contributed by atoms with Crippen LogP contribution in [0.1, 0.15) is 22.7 Å². The van der Waals surface area contributed by atoms with Gasteiger partial charge in [-0.25, -0.2) is 9.36 Å². The first-order valence-electron chi connectivity index (χ1n) is 9.91. The summed E-state index contributed by atoms with van der Waals surface area (Å²) in [6.07, 6.45) is 1.42. The summed E-state index contributed by atoms with van der Waals surface area (Å²) in [5.74, 6) is -0.825. The fraction of sp³-hybridized carbons (Fsp3) is 0.0455. The minimum atomic E-state index is -0.866. The van der Waals surface area contributed by atoms with Crippen molar-refractivity contribution in [2.75, 3.05) is 5.73 Å². The molecule has 35 heavy (non-hydrogen) atoms. The molecule has 0 fully saturated rings. The Balaban J connectivity index is 1.78. The van der Waals surface area contributed by atoms with Crippen LogP contribution in [0.25, 0.3) is 17.5 Å². The lowest BCUT2D eigenvalue weighted by atomic mass is 9.87. The summed E-state index contributed by atoms with van der Waals surface area (Å²) in [7, 11) is 0. The molecular formula is C22H12N6O7. The molecule has 0 saturated heterocycles. The maximum absolute atomic E-state index is 12.8. The molecule has 3 heterocycles. The van der Waals surface area contributed by atoms with Gasteiger partial charge in [-0.15, -0.1) is 0 Å². The molecule has 13 heteroatoms. The van der Waals surface area contributed by atoms with Gasteiger partial charge >= 0.3 is 5.63 Å². The number of oxazole rings is 2. The van der Waals surface area contributed by atoms with Gasteiger partial charge in [-0.3, -0.25) is 20.2 Å². The van der Waals surface area contributed by atoms with Crippen molar-refractivity contribution in [1.29, 1.82) is 5.26 Å². The predicted octanol–water partition coefficient (Wildman–Crippen LogP) is 1.47. The minimum absolute atomic E-state index is 0.0140. The van der Waals surface area contributed by atoms with Crippen molar-refractivity contribution in [2.45, 2.75) is 5.92 Å². The average molecular weight is 472 g/mol. The lowest BCUT2D eigenvalue weighted by Gasteiger charge is -2.18. The van der Waals surface area contributed by atoms with Crippen molar-refractivity contribution in [3.05, 3.63) is 107 Å². The van der Waals surface area contributed by atoms with Crippen molar-refractivity contribution in [3.8, 4) is 12.0 Å². The highest BCUT2D eigenvalue weighted by molar-refractivity contribution is 5.73. The Morgan fingerprint density at radius 2 is 1.63 bits per heavy atom. The van der Waals surface area contributed by atoms with Gasteiger partial charge < -0.3 is 14.6 Å². The first-order chi connectivity index (χ1) is 16.8. The van der Waals surface area contributed by atoms with E-state index in [1.165, 1.54) is 59.2 Å². The van der Waals surface area contributed by atoms with Crippen molar-refractivity contribution >= 4 is 29.0 Å². The van der Waals surface area contributed by atoms with Crippen LogP contribution in [0.3, 0.4) is 0 Å². The second kappa shape index (κ2) is 7.81. The third-order valence-corrected chi connectivity index (χ3v) is 5.45. The lowest BCUT2D eigenvalue weighted by Crippen LogP contribution is -2.35. The van der Waals surface area contributed by atoms with Gasteiger partial charge in [0, 0.05) is 24.3 Å². The zero-order chi connectivity index (χ0) is 24.9. The van der Waals surface area contributed by atoms with Crippen molar-refractivity contribution in [3.63, 3.8) is 0 Å². The number of nitro benzene ring substituents is 2. The molecule has 1 aliphatic heterocycles. The van der Waals surface area contributed by atoms with E-state index in [0.29, 0.717) is 11.1 Å². The number of rotatable bonds is 4. The summed E-state index contributed by atoms with van der Waals surface area (Å²) >= 11 is 0. The Kier molecular flexibility index (Phi) is 4.76. The standard InChI is InChI=1S/C22H12N6O7/c23-10-15-17(12-3-7-14(8-4-12)28(32)33)18-20(35-22(24)25-18)26-16(21(29)34-19(15)26)9-11-1-5-13(6-2-11)27(30)31/h1-9,17H,(H2,24,25)/b16-9+. The van der Waals surface area contributed by atoms with Gasteiger partial charge in [-0.05, 0) is 29.3 Å². The maximum atomic E-state index is 12.8. The first kappa shape index (κ1) is 21.3. The molecular weight excluding hydrogens is 460 g/mol. The van der Waals surface area contributed by atoms with Crippen LogP contribution in [0.4, 0.5) is 17.4 Å². The van der Waals surface area contributed by atoms with E-state index in [2.05, 4.69) is 4.98 Å². The summed E-state index contributed by atoms with van der Waals surface area (Å²) in [5.41, 5.74) is 5.78. The van der Waals surface area contributed by atoms with Gasteiger partial charge in [0.05, 0.1) is 15.8 Å². The van der Waals surface area contributed by atoms with Crippen LogP contribution in [0.15, 0.2) is 62.2 Å². The molecule has 1 unspecified atom stereocenters. The van der Waals surface area contributed by atoms with E-state index in [1.54, 1.807) is 0 Å². The number of hydrogen-bond donors (Lipinski definition) is 1. The van der Waals surface area contributed by atoms with E-state index in [0.717, 1.165) is 0 Å². The number of hydrogen-bond acceptors (Lipinski definition) is 10. The number of anilines is 1. The Morgan fingerprint density at radius 1 is 1.03 bits per heavy atom. The van der Waals surface area contributed by atoms with E-state index in [1.807, 2.05) is 6.07 Å². The molecule has 1 aliphatic rings. The van der Waals surface area contributed by atoms with Crippen LogP contribution >= 0.6 is 0 Å². The smallest absolute Gasteiger partial charge is 0.362 e. The number of nitro groups is 2. The molecule has 0 amide bonds. The SMILES string of the molecule is N#CC1=c2oc(=O)/c(=C\c3ccc([N+](=O)[O-])cc3)n2-c2oc(N)nc2C1c1ccc([N+](=O)[O-])cc1. The molecule has 0 saturated carbocycles. The number of nitrogen functional groups attached to an aromatic ring is 1. The minimum Gasteiger partial charge on any atom is -0.406 e. The van der Waals surface area contributed by atoms with Gasteiger partial charge in [0.15, 0.2) is 0 Å². The summed E-state index contributed by atoms with van der Waals surface area (Å²) in [6.45, 7) is 0.